The molecule has 152 valence electrons. The van der Waals surface area contributed by atoms with Crippen LogP contribution in [0.3, 0.4) is 0 Å². The standard InChI is InChI=1S/C24H21NO5/c1-17(26)19-9-5-11-21(13-19)25-23(27)16-30-24(28)20-10-6-12-22(14-20)29-15-18-7-3-2-4-8-18/h2-14H,15-16H2,1H3,(H,25,27). The van der Waals surface area contributed by atoms with E-state index in [2.05, 4.69) is 5.32 Å². The SMILES string of the molecule is CC(=O)c1cccc(NC(=O)COC(=O)c2cccc(OCc3ccccc3)c2)c1. The molecule has 1 amide bonds. The zero-order chi connectivity index (χ0) is 21.3. The van der Waals surface area contributed by atoms with Crippen LogP contribution in [-0.4, -0.2) is 24.3 Å². The van der Waals surface area contributed by atoms with Gasteiger partial charge in [-0.15, -0.1) is 0 Å². The quantitative estimate of drug-likeness (QED) is 0.449. The van der Waals surface area contributed by atoms with Gasteiger partial charge in [-0.05, 0) is 42.8 Å². The lowest BCUT2D eigenvalue weighted by atomic mass is 10.1. The van der Waals surface area contributed by atoms with Gasteiger partial charge in [0.05, 0.1) is 5.56 Å². The number of Topliss-reactive ketones (excluding diaryl/α,β-unsaturated/α-hetero) is 1. The smallest absolute Gasteiger partial charge is 0.338 e. The van der Waals surface area contributed by atoms with Crippen molar-refractivity contribution in [3.63, 3.8) is 0 Å². The predicted octanol–water partition coefficient (Wildman–Crippen LogP) is 4.26. The minimum absolute atomic E-state index is 0.105. The van der Waals surface area contributed by atoms with E-state index in [1.807, 2.05) is 30.3 Å². The van der Waals surface area contributed by atoms with Crippen LogP contribution in [0, 0.1) is 0 Å². The molecule has 6 nitrogen and oxygen atoms in total. The zero-order valence-electron chi connectivity index (χ0n) is 16.5. The van der Waals surface area contributed by atoms with Crippen molar-refractivity contribution in [3.05, 3.63) is 95.6 Å². The fraction of sp³-hybridized carbons (Fsp3) is 0.125. The van der Waals surface area contributed by atoms with Gasteiger partial charge in [0.2, 0.25) is 0 Å². The molecule has 0 bridgehead atoms. The molecule has 0 radical (unpaired) electrons. The number of amides is 1. The Labute approximate surface area is 174 Å². The van der Waals surface area contributed by atoms with Crippen molar-refractivity contribution in [2.24, 2.45) is 0 Å². The Balaban J connectivity index is 1.52. The van der Waals surface area contributed by atoms with E-state index in [9.17, 15) is 14.4 Å². The number of ether oxygens (including phenoxy) is 2. The molecule has 0 saturated heterocycles. The van der Waals surface area contributed by atoms with Gasteiger partial charge in [0.25, 0.3) is 5.91 Å². The highest BCUT2D eigenvalue weighted by Crippen LogP contribution is 2.16. The first-order valence-electron chi connectivity index (χ1n) is 9.36. The summed E-state index contributed by atoms with van der Waals surface area (Å²) in [6.45, 7) is 1.37. The molecule has 3 aromatic rings. The van der Waals surface area contributed by atoms with Crippen molar-refractivity contribution in [2.45, 2.75) is 13.5 Å². The maximum Gasteiger partial charge on any atom is 0.338 e. The Hall–Kier alpha value is -3.93. The molecular weight excluding hydrogens is 382 g/mol. The van der Waals surface area contributed by atoms with E-state index in [0.29, 0.717) is 23.6 Å². The lowest BCUT2D eigenvalue weighted by molar-refractivity contribution is -0.119. The molecule has 3 rings (SSSR count). The summed E-state index contributed by atoms with van der Waals surface area (Å²) in [6, 6.07) is 22.8. The van der Waals surface area contributed by atoms with E-state index in [1.54, 1.807) is 48.5 Å². The number of hydrogen-bond acceptors (Lipinski definition) is 5. The van der Waals surface area contributed by atoms with Gasteiger partial charge in [-0.25, -0.2) is 4.79 Å². The number of carbonyl (C=O) groups excluding carboxylic acids is 3. The lowest BCUT2D eigenvalue weighted by Gasteiger charge is -2.09. The molecule has 1 N–H and O–H groups in total. The number of esters is 1. The van der Waals surface area contributed by atoms with Crippen molar-refractivity contribution in [3.8, 4) is 5.75 Å². The Morgan fingerprint density at radius 3 is 2.33 bits per heavy atom. The average Bonchev–Trinajstić information content (AvgIpc) is 2.77. The second-order valence-corrected chi connectivity index (χ2v) is 6.56. The summed E-state index contributed by atoms with van der Waals surface area (Å²) in [6.07, 6.45) is 0. The summed E-state index contributed by atoms with van der Waals surface area (Å²) in [5, 5.41) is 2.60. The monoisotopic (exact) mass is 403 g/mol. The molecule has 3 aromatic carbocycles. The van der Waals surface area contributed by atoms with E-state index in [-0.39, 0.29) is 11.3 Å². The van der Waals surface area contributed by atoms with Crippen LogP contribution in [0.15, 0.2) is 78.9 Å². The second-order valence-electron chi connectivity index (χ2n) is 6.56. The summed E-state index contributed by atoms with van der Waals surface area (Å²) in [5.74, 6) is -0.709. The number of ketones is 1. The van der Waals surface area contributed by atoms with Crippen LogP contribution in [0.2, 0.25) is 0 Å². The topological polar surface area (TPSA) is 81.7 Å². The zero-order valence-corrected chi connectivity index (χ0v) is 16.5. The van der Waals surface area contributed by atoms with Gasteiger partial charge in [-0.2, -0.15) is 0 Å². The summed E-state index contributed by atoms with van der Waals surface area (Å²) < 4.78 is 10.8. The minimum Gasteiger partial charge on any atom is -0.489 e. The van der Waals surface area contributed by atoms with E-state index in [0.717, 1.165) is 5.56 Å². The number of rotatable bonds is 8. The Kier molecular flexibility index (Phi) is 6.95. The van der Waals surface area contributed by atoms with E-state index < -0.39 is 18.5 Å². The number of carbonyl (C=O) groups is 3. The maximum atomic E-state index is 12.3. The normalized spacial score (nSPS) is 10.2. The van der Waals surface area contributed by atoms with Crippen molar-refractivity contribution in [2.75, 3.05) is 11.9 Å². The maximum absolute atomic E-state index is 12.3. The third-order valence-corrected chi connectivity index (χ3v) is 4.21. The lowest BCUT2D eigenvalue weighted by Crippen LogP contribution is -2.21. The first-order valence-corrected chi connectivity index (χ1v) is 9.36. The molecule has 0 saturated carbocycles. The molecular formula is C24H21NO5. The van der Waals surface area contributed by atoms with Crippen molar-refractivity contribution < 1.29 is 23.9 Å². The third-order valence-electron chi connectivity index (χ3n) is 4.21. The number of nitrogens with one attached hydrogen (secondary N) is 1. The molecule has 0 aliphatic carbocycles. The predicted molar refractivity (Wildman–Crippen MR) is 113 cm³/mol. The number of hydrogen-bond donors (Lipinski definition) is 1. The fourth-order valence-corrected chi connectivity index (χ4v) is 2.68. The third kappa shape index (κ3) is 6.04. The van der Waals surface area contributed by atoms with Crippen LogP contribution >= 0.6 is 0 Å². The molecule has 0 atom stereocenters. The van der Waals surface area contributed by atoms with Crippen molar-refractivity contribution in [1.29, 1.82) is 0 Å². The second kappa shape index (κ2) is 10.0. The highest BCUT2D eigenvalue weighted by atomic mass is 16.5. The molecule has 0 fully saturated rings. The Morgan fingerprint density at radius 1 is 0.833 bits per heavy atom. The summed E-state index contributed by atoms with van der Waals surface area (Å²) in [4.78, 5) is 35.7. The highest BCUT2D eigenvalue weighted by molar-refractivity contribution is 5.98. The highest BCUT2D eigenvalue weighted by Gasteiger charge is 2.12. The molecule has 0 aromatic heterocycles. The van der Waals surface area contributed by atoms with Crippen molar-refractivity contribution in [1.82, 2.24) is 0 Å². The largest absolute Gasteiger partial charge is 0.489 e. The average molecular weight is 403 g/mol. The Bertz CT molecular complexity index is 1050. The van der Waals surface area contributed by atoms with E-state index >= 15 is 0 Å². The number of benzene rings is 3. The molecule has 0 heterocycles. The van der Waals surface area contributed by atoms with Crippen LogP contribution < -0.4 is 10.1 Å². The van der Waals surface area contributed by atoms with E-state index in [1.165, 1.54) is 6.92 Å². The van der Waals surface area contributed by atoms with Gasteiger partial charge >= 0.3 is 5.97 Å². The first kappa shape index (κ1) is 20.8. The van der Waals surface area contributed by atoms with Gasteiger partial charge in [0.15, 0.2) is 12.4 Å². The fourth-order valence-electron chi connectivity index (χ4n) is 2.68. The van der Waals surface area contributed by atoms with Gasteiger partial charge in [-0.3, -0.25) is 9.59 Å². The van der Waals surface area contributed by atoms with Crippen LogP contribution in [0.25, 0.3) is 0 Å². The molecule has 0 spiro atoms. The summed E-state index contributed by atoms with van der Waals surface area (Å²) in [5.41, 5.74) is 2.24. The van der Waals surface area contributed by atoms with Crippen molar-refractivity contribution >= 4 is 23.3 Å². The molecule has 6 heteroatoms. The van der Waals surface area contributed by atoms with Crippen LogP contribution in [-0.2, 0) is 16.1 Å². The summed E-state index contributed by atoms with van der Waals surface area (Å²) in [7, 11) is 0. The molecule has 0 aliphatic heterocycles. The van der Waals surface area contributed by atoms with E-state index in [4.69, 9.17) is 9.47 Å². The molecule has 30 heavy (non-hydrogen) atoms. The minimum atomic E-state index is -0.632. The molecule has 0 aliphatic rings. The first-order chi connectivity index (χ1) is 14.5. The van der Waals surface area contributed by atoms with Crippen LogP contribution in [0.1, 0.15) is 33.2 Å². The van der Waals surface area contributed by atoms with Gasteiger partial charge in [-0.1, -0.05) is 48.5 Å². The van der Waals surface area contributed by atoms with Crippen LogP contribution in [0.4, 0.5) is 5.69 Å². The van der Waals surface area contributed by atoms with Gasteiger partial charge < -0.3 is 14.8 Å². The molecule has 0 unspecified atom stereocenters. The Morgan fingerprint density at radius 2 is 1.57 bits per heavy atom. The van der Waals surface area contributed by atoms with Crippen LogP contribution in [0.5, 0.6) is 5.75 Å². The number of anilines is 1. The van der Waals surface area contributed by atoms with Gasteiger partial charge in [0, 0.05) is 11.3 Å². The van der Waals surface area contributed by atoms with Gasteiger partial charge in [0.1, 0.15) is 12.4 Å². The summed E-state index contributed by atoms with van der Waals surface area (Å²) >= 11 is 0.